The van der Waals surface area contributed by atoms with Crippen molar-refractivity contribution in [3.63, 3.8) is 0 Å². The van der Waals surface area contributed by atoms with Crippen LogP contribution in [0.5, 0.6) is 11.5 Å². The zero-order valence-corrected chi connectivity index (χ0v) is 23.3. The van der Waals surface area contributed by atoms with E-state index in [2.05, 4.69) is 15.6 Å². The molecule has 4 aromatic carbocycles. The summed E-state index contributed by atoms with van der Waals surface area (Å²) in [5, 5.41) is 11.9. The first-order valence-electron chi connectivity index (χ1n) is 12.9. The van der Waals surface area contributed by atoms with E-state index in [1.807, 2.05) is 36.4 Å². The molecule has 10 heteroatoms. The molecule has 9 nitrogen and oxygen atoms in total. The molecule has 0 fully saturated rings. The lowest BCUT2D eigenvalue weighted by molar-refractivity contribution is -0.140. The molecule has 1 aromatic heterocycles. The molecule has 0 saturated carbocycles. The van der Waals surface area contributed by atoms with E-state index in [4.69, 9.17) is 21.1 Å². The lowest BCUT2D eigenvalue weighted by Crippen LogP contribution is -2.42. The first-order valence-corrected chi connectivity index (χ1v) is 13.2. The Kier molecular flexibility index (Phi) is 8.45. The Labute approximate surface area is 242 Å². The van der Waals surface area contributed by atoms with Crippen LogP contribution in [0.4, 0.5) is 5.69 Å². The fraction of sp³-hybridized carbons (Fsp3) is 0.161. The third kappa shape index (κ3) is 6.47. The van der Waals surface area contributed by atoms with Crippen LogP contribution in [0.3, 0.4) is 0 Å². The number of halogens is 1. The number of fused-ring (bicyclic) bond motifs is 1. The van der Waals surface area contributed by atoms with Crippen LogP contribution in [-0.4, -0.2) is 45.9 Å². The number of nitrogens with one attached hydrogen (secondary N) is 1. The first kappa shape index (κ1) is 27.7. The van der Waals surface area contributed by atoms with Crippen molar-refractivity contribution in [3.8, 4) is 11.5 Å². The number of hydrogen-bond acceptors (Lipinski definition) is 6. The molecule has 5 rings (SSSR count). The highest BCUT2D eigenvalue weighted by atomic mass is 35.5. The number of benzene rings is 4. The number of nitrogens with zero attached hydrogens (tertiary/aromatic N) is 4. The summed E-state index contributed by atoms with van der Waals surface area (Å²) >= 11 is 6.13. The molecule has 5 aromatic rings. The molecule has 41 heavy (non-hydrogen) atoms. The summed E-state index contributed by atoms with van der Waals surface area (Å²) in [4.78, 5) is 29.6. The van der Waals surface area contributed by atoms with E-state index in [0.29, 0.717) is 33.3 Å². The summed E-state index contributed by atoms with van der Waals surface area (Å²) in [6.07, 6.45) is 0. The van der Waals surface area contributed by atoms with Crippen molar-refractivity contribution in [1.29, 1.82) is 0 Å². The summed E-state index contributed by atoms with van der Waals surface area (Å²) in [5.74, 6) is 0.592. The van der Waals surface area contributed by atoms with Gasteiger partial charge in [-0.2, -0.15) is 0 Å². The van der Waals surface area contributed by atoms with E-state index in [9.17, 15) is 9.59 Å². The minimum absolute atomic E-state index is 0.115. The van der Waals surface area contributed by atoms with Crippen LogP contribution in [0.15, 0.2) is 97.1 Å². The van der Waals surface area contributed by atoms with Crippen LogP contribution in [0.1, 0.15) is 17.2 Å². The van der Waals surface area contributed by atoms with Gasteiger partial charge in [0.1, 0.15) is 29.6 Å². The average molecular weight is 570 g/mol. The largest absolute Gasteiger partial charge is 0.497 e. The van der Waals surface area contributed by atoms with Gasteiger partial charge in [-0.3, -0.25) is 9.59 Å². The molecule has 0 aliphatic heterocycles. The number of ether oxygens (including phenoxy) is 2. The number of amides is 2. The van der Waals surface area contributed by atoms with Gasteiger partial charge in [0.25, 0.3) is 5.91 Å². The van der Waals surface area contributed by atoms with Gasteiger partial charge in [0.15, 0.2) is 0 Å². The average Bonchev–Trinajstić information content (AvgIpc) is 3.41. The fourth-order valence-corrected chi connectivity index (χ4v) is 4.63. The van der Waals surface area contributed by atoms with E-state index < -0.39 is 6.04 Å². The predicted octanol–water partition coefficient (Wildman–Crippen LogP) is 5.51. The van der Waals surface area contributed by atoms with Gasteiger partial charge in [-0.25, -0.2) is 4.68 Å². The Bertz CT molecular complexity index is 1640. The molecular formula is C31H28ClN5O4. The van der Waals surface area contributed by atoms with Gasteiger partial charge in [0, 0.05) is 17.3 Å². The maximum absolute atomic E-state index is 14.1. The highest BCUT2D eigenvalue weighted by molar-refractivity contribution is 6.30. The monoisotopic (exact) mass is 569 g/mol. The van der Waals surface area contributed by atoms with E-state index in [1.54, 1.807) is 84.5 Å². The first-order chi connectivity index (χ1) is 19.9. The van der Waals surface area contributed by atoms with Crippen molar-refractivity contribution in [1.82, 2.24) is 19.9 Å². The lowest BCUT2D eigenvalue weighted by atomic mass is 10.0. The number of anilines is 1. The molecule has 1 N–H and O–H groups in total. The summed E-state index contributed by atoms with van der Waals surface area (Å²) < 4.78 is 12.1. The molecule has 2 amide bonds. The minimum atomic E-state index is -0.985. The maximum atomic E-state index is 14.1. The SMILES string of the molecule is COc1ccc(NC(=O)[C@H](c2ccc(OC)cc2)N(Cc2ccc(Cl)cc2)C(=O)Cn2nnc3ccccc32)cc1. The number of methoxy groups -OCH3 is 2. The summed E-state index contributed by atoms with van der Waals surface area (Å²) in [6.45, 7) is 0.0337. The Morgan fingerprint density at radius 2 is 1.51 bits per heavy atom. The highest BCUT2D eigenvalue weighted by Crippen LogP contribution is 2.28. The molecule has 208 valence electrons. The Morgan fingerprint density at radius 1 is 0.878 bits per heavy atom. The van der Waals surface area contributed by atoms with Crippen molar-refractivity contribution in [3.05, 3.63) is 113 Å². The highest BCUT2D eigenvalue weighted by Gasteiger charge is 2.32. The molecular weight excluding hydrogens is 542 g/mol. The van der Waals surface area contributed by atoms with Gasteiger partial charge in [-0.15, -0.1) is 5.10 Å². The van der Waals surface area contributed by atoms with Gasteiger partial charge < -0.3 is 19.7 Å². The quantitative estimate of drug-likeness (QED) is 0.238. The summed E-state index contributed by atoms with van der Waals surface area (Å²) in [5.41, 5.74) is 3.38. The van der Waals surface area contributed by atoms with E-state index in [-0.39, 0.29) is 24.9 Å². The Balaban J connectivity index is 1.54. The number of hydrogen-bond donors (Lipinski definition) is 1. The van der Waals surface area contributed by atoms with Gasteiger partial charge >= 0.3 is 0 Å². The van der Waals surface area contributed by atoms with Crippen LogP contribution < -0.4 is 14.8 Å². The van der Waals surface area contributed by atoms with Crippen molar-refractivity contribution in [2.75, 3.05) is 19.5 Å². The number of para-hydroxylation sites is 1. The lowest BCUT2D eigenvalue weighted by Gasteiger charge is -2.32. The van der Waals surface area contributed by atoms with Crippen molar-refractivity contribution in [2.24, 2.45) is 0 Å². The molecule has 1 heterocycles. The summed E-state index contributed by atoms with van der Waals surface area (Å²) in [6, 6.07) is 27.7. The van der Waals surface area contributed by atoms with Crippen LogP contribution in [0.2, 0.25) is 5.02 Å². The molecule has 0 aliphatic carbocycles. The second-order valence-electron chi connectivity index (χ2n) is 9.28. The molecule has 0 bridgehead atoms. The van der Waals surface area contributed by atoms with Gasteiger partial charge in [0.2, 0.25) is 5.91 Å². The summed E-state index contributed by atoms with van der Waals surface area (Å²) in [7, 11) is 3.15. The molecule has 0 radical (unpaired) electrons. The third-order valence-corrected chi connectivity index (χ3v) is 6.89. The zero-order chi connectivity index (χ0) is 28.8. The molecule has 0 spiro atoms. The standard InChI is InChI=1S/C31H28ClN5O4/c1-40-25-15-9-22(10-16-25)30(31(39)33-24-13-17-26(41-2)18-14-24)36(19-21-7-11-23(32)12-8-21)29(38)20-37-28-6-4-3-5-27(28)34-35-37/h3-18,30H,19-20H2,1-2H3,(H,33,39)/t30-/m0/s1. The van der Waals surface area contributed by atoms with Crippen LogP contribution >= 0.6 is 11.6 Å². The smallest absolute Gasteiger partial charge is 0.251 e. The van der Waals surface area contributed by atoms with Crippen LogP contribution in [-0.2, 0) is 22.7 Å². The number of carbonyl (C=O) groups is 2. The molecule has 0 unspecified atom stereocenters. The number of carbonyl (C=O) groups excluding carboxylic acids is 2. The Morgan fingerprint density at radius 3 is 2.17 bits per heavy atom. The maximum Gasteiger partial charge on any atom is 0.251 e. The molecule has 1 atom stereocenters. The second kappa shape index (κ2) is 12.5. The van der Waals surface area contributed by atoms with E-state index in [0.717, 1.165) is 11.1 Å². The van der Waals surface area contributed by atoms with Gasteiger partial charge in [-0.05, 0) is 71.8 Å². The topological polar surface area (TPSA) is 98.6 Å². The fourth-order valence-electron chi connectivity index (χ4n) is 4.51. The normalized spacial score (nSPS) is 11.6. The van der Waals surface area contributed by atoms with Crippen molar-refractivity contribution < 1.29 is 19.1 Å². The third-order valence-electron chi connectivity index (χ3n) is 6.64. The molecule has 0 aliphatic rings. The van der Waals surface area contributed by atoms with Crippen LogP contribution in [0, 0.1) is 0 Å². The molecule has 0 saturated heterocycles. The number of aromatic nitrogens is 3. The second-order valence-corrected chi connectivity index (χ2v) is 9.71. The zero-order valence-electron chi connectivity index (χ0n) is 22.5. The van der Waals surface area contributed by atoms with Crippen molar-refractivity contribution in [2.45, 2.75) is 19.1 Å². The van der Waals surface area contributed by atoms with Gasteiger partial charge in [-0.1, -0.05) is 53.2 Å². The van der Waals surface area contributed by atoms with Gasteiger partial charge in [0.05, 0.1) is 19.7 Å². The number of rotatable bonds is 10. The predicted molar refractivity (Wildman–Crippen MR) is 157 cm³/mol. The van der Waals surface area contributed by atoms with Crippen LogP contribution in [0.25, 0.3) is 11.0 Å². The van der Waals surface area contributed by atoms with E-state index in [1.165, 1.54) is 0 Å². The Hall–Kier alpha value is -4.89. The minimum Gasteiger partial charge on any atom is -0.497 e. The van der Waals surface area contributed by atoms with E-state index >= 15 is 0 Å². The van der Waals surface area contributed by atoms with Crippen molar-refractivity contribution >= 4 is 40.1 Å².